The first-order valence-electron chi connectivity index (χ1n) is 8.42. The van der Waals surface area contributed by atoms with Crippen LogP contribution in [0, 0.1) is 0 Å². The third-order valence-electron chi connectivity index (χ3n) is 4.61. The largest absolute Gasteiger partial charge is 0.379 e. The molecule has 0 amide bonds. The van der Waals surface area contributed by atoms with Gasteiger partial charge in [-0.25, -0.2) is 0 Å². The smallest absolute Gasteiger partial charge is 0.194 e. The molecule has 0 atom stereocenters. The minimum absolute atomic E-state index is 0.0431. The Balaban J connectivity index is 1.89. The molecule has 4 nitrogen and oxygen atoms in total. The number of ether oxygens (including phenoxy) is 1. The van der Waals surface area contributed by atoms with Crippen LogP contribution < -0.4 is 5.43 Å². The van der Waals surface area contributed by atoms with E-state index < -0.39 is 0 Å². The lowest BCUT2D eigenvalue weighted by atomic mass is 10.0. The molecule has 0 spiro atoms. The number of aromatic nitrogens is 1. The summed E-state index contributed by atoms with van der Waals surface area (Å²) in [5.74, 6) is 0. The highest BCUT2D eigenvalue weighted by Gasteiger charge is 2.18. The summed E-state index contributed by atoms with van der Waals surface area (Å²) in [4.78, 5) is 18.9. The van der Waals surface area contributed by atoms with Crippen molar-refractivity contribution in [2.24, 2.45) is 0 Å². The fraction of sp³-hybridized carbons (Fsp3) is 0.250. The number of rotatable bonds is 3. The van der Waals surface area contributed by atoms with Gasteiger partial charge in [0.2, 0.25) is 0 Å². The number of pyridine rings is 1. The zero-order valence-electron chi connectivity index (χ0n) is 13.8. The lowest BCUT2D eigenvalue weighted by Gasteiger charge is -2.27. The van der Waals surface area contributed by atoms with Gasteiger partial charge in [0.05, 0.1) is 18.9 Å². The van der Waals surface area contributed by atoms with E-state index in [1.54, 1.807) is 12.1 Å². The maximum atomic E-state index is 13.2. The second kappa shape index (κ2) is 7.00. The van der Waals surface area contributed by atoms with Crippen molar-refractivity contribution >= 4 is 22.5 Å². The van der Waals surface area contributed by atoms with Crippen LogP contribution in [-0.4, -0.2) is 36.2 Å². The van der Waals surface area contributed by atoms with Crippen LogP contribution in [0.25, 0.3) is 22.2 Å². The van der Waals surface area contributed by atoms with Gasteiger partial charge in [0.25, 0.3) is 0 Å². The molecule has 5 heteroatoms. The maximum absolute atomic E-state index is 13.2. The number of nitrogens with one attached hydrogen (secondary N) is 1. The number of halogens is 1. The summed E-state index contributed by atoms with van der Waals surface area (Å²) in [5, 5.41) is 1.21. The van der Waals surface area contributed by atoms with Crippen molar-refractivity contribution in [2.75, 3.05) is 26.3 Å². The Bertz CT molecular complexity index is 947. The normalized spacial score (nSPS) is 15.6. The van der Waals surface area contributed by atoms with E-state index in [9.17, 15) is 4.79 Å². The highest BCUT2D eigenvalue weighted by molar-refractivity contribution is 6.31. The summed E-state index contributed by atoms with van der Waals surface area (Å²) >= 11 is 6.11. The standard InChI is InChI=1S/C20H19ClN2O2/c21-15-6-7-18-16(12-15)20(24)17(13-23-8-10-25-11-9-23)19(22-18)14-4-2-1-3-5-14/h1-7,12H,8-11,13H2,(H,22,24). The minimum Gasteiger partial charge on any atom is -0.379 e. The first kappa shape index (κ1) is 16.3. The lowest BCUT2D eigenvalue weighted by molar-refractivity contribution is 0.0341. The van der Waals surface area contributed by atoms with Crippen LogP contribution >= 0.6 is 11.6 Å². The fourth-order valence-electron chi connectivity index (χ4n) is 3.28. The Hall–Kier alpha value is -2.14. The molecule has 4 rings (SSSR count). The van der Waals surface area contributed by atoms with E-state index in [0.29, 0.717) is 30.2 Å². The minimum atomic E-state index is 0.0431. The third-order valence-corrected chi connectivity index (χ3v) is 4.84. The Morgan fingerprint density at radius 3 is 2.60 bits per heavy atom. The molecule has 0 radical (unpaired) electrons. The van der Waals surface area contributed by atoms with E-state index in [1.807, 2.05) is 36.4 Å². The van der Waals surface area contributed by atoms with Crippen molar-refractivity contribution in [3.8, 4) is 11.3 Å². The quantitative estimate of drug-likeness (QED) is 0.780. The van der Waals surface area contributed by atoms with Crippen LogP contribution in [0.3, 0.4) is 0 Å². The van der Waals surface area contributed by atoms with E-state index in [-0.39, 0.29) is 5.43 Å². The average molecular weight is 355 g/mol. The average Bonchev–Trinajstić information content (AvgIpc) is 2.66. The highest BCUT2D eigenvalue weighted by atomic mass is 35.5. The van der Waals surface area contributed by atoms with Gasteiger partial charge in [-0.1, -0.05) is 41.9 Å². The summed E-state index contributed by atoms with van der Waals surface area (Å²) in [6.45, 7) is 3.68. The van der Waals surface area contributed by atoms with Gasteiger partial charge >= 0.3 is 0 Å². The van der Waals surface area contributed by atoms with Gasteiger partial charge in [-0.15, -0.1) is 0 Å². The molecule has 2 heterocycles. The first-order chi connectivity index (χ1) is 12.2. The second-order valence-corrected chi connectivity index (χ2v) is 6.69. The number of nitrogens with zero attached hydrogens (tertiary/aromatic N) is 1. The SMILES string of the molecule is O=c1c(CN2CCOCC2)c(-c2ccccc2)[nH]c2ccc(Cl)cc12. The summed E-state index contributed by atoms with van der Waals surface area (Å²) in [6, 6.07) is 15.4. The number of benzene rings is 2. The molecule has 1 saturated heterocycles. The van der Waals surface area contributed by atoms with Gasteiger partial charge in [-0.2, -0.15) is 0 Å². The summed E-state index contributed by atoms with van der Waals surface area (Å²) in [6.07, 6.45) is 0. The van der Waals surface area contributed by atoms with Crippen molar-refractivity contribution in [3.63, 3.8) is 0 Å². The van der Waals surface area contributed by atoms with Crippen molar-refractivity contribution in [1.29, 1.82) is 0 Å². The van der Waals surface area contributed by atoms with Crippen LogP contribution in [-0.2, 0) is 11.3 Å². The van der Waals surface area contributed by atoms with Gasteiger partial charge < -0.3 is 9.72 Å². The predicted molar refractivity (Wildman–Crippen MR) is 101 cm³/mol. The van der Waals surface area contributed by atoms with Crippen molar-refractivity contribution in [3.05, 3.63) is 69.3 Å². The molecule has 0 unspecified atom stereocenters. The van der Waals surface area contributed by atoms with Crippen molar-refractivity contribution in [1.82, 2.24) is 9.88 Å². The fourth-order valence-corrected chi connectivity index (χ4v) is 3.46. The van der Waals surface area contributed by atoms with Gasteiger partial charge in [0.1, 0.15) is 0 Å². The lowest BCUT2D eigenvalue weighted by Crippen LogP contribution is -2.37. The number of hydrogen-bond donors (Lipinski definition) is 1. The summed E-state index contributed by atoms with van der Waals surface area (Å²) < 4.78 is 5.42. The molecule has 0 aliphatic carbocycles. The molecule has 1 aromatic heterocycles. The molecule has 0 saturated carbocycles. The van der Waals surface area contributed by atoms with Crippen LogP contribution in [0.1, 0.15) is 5.56 Å². The van der Waals surface area contributed by atoms with Gasteiger partial charge in [0.15, 0.2) is 5.43 Å². The monoisotopic (exact) mass is 354 g/mol. The zero-order chi connectivity index (χ0) is 17.2. The number of H-pyrrole nitrogens is 1. The van der Waals surface area contributed by atoms with Crippen LogP contribution in [0.15, 0.2) is 53.3 Å². The molecule has 3 aromatic rings. The molecule has 128 valence electrons. The van der Waals surface area contributed by atoms with Gasteiger partial charge in [0, 0.05) is 41.1 Å². The first-order valence-corrected chi connectivity index (χ1v) is 8.80. The molecular weight excluding hydrogens is 336 g/mol. The summed E-state index contributed by atoms with van der Waals surface area (Å²) in [7, 11) is 0. The van der Waals surface area contributed by atoms with E-state index >= 15 is 0 Å². The van der Waals surface area contributed by atoms with E-state index in [2.05, 4.69) is 9.88 Å². The predicted octanol–water partition coefficient (Wildman–Crippen LogP) is 3.68. The topological polar surface area (TPSA) is 45.3 Å². The number of hydrogen-bond acceptors (Lipinski definition) is 3. The van der Waals surface area contributed by atoms with Crippen molar-refractivity contribution in [2.45, 2.75) is 6.54 Å². The van der Waals surface area contributed by atoms with Crippen LogP contribution in [0.2, 0.25) is 5.02 Å². The van der Waals surface area contributed by atoms with E-state index in [0.717, 1.165) is 35.4 Å². The Morgan fingerprint density at radius 1 is 1.08 bits per heavy atom. The molecule has 25 heavy (non-hydrogen) atoms. The van der Waals surface area contributed by atoms with Gasteiger partial charge in [-0.3, -0.25) is 9.69 Å². The molecule has 1 aliphatic rings. The second-order valence-electron chi connectivity index (χ2n) is 6.25. The molecule has 1 fully saturated rings. The Kier molecular flexibility index (Phi) is 4.57. The van der Waals surface area contributed by atoms with Crippen molar-refractivity contribution < 1.29 is 4.74 Å². The number of fused-ring (bicyclic) bond motifs is 1. The van der Waals surface area contributed by atoms with Crippen LogP contribution in [0.4, 0.5) is 0 Å². The Morgan fingerprint density at radius 2 is 1.84 bits per heavy atom. The van der Waals surface area contributed by atoms with E-state index in [1.165, 1.54) is 0 Å². The highest BCUT2D eigenvalue weighted by Crippen LogP contribution is 2.25. The van der Waals surface area contributed by atoms with E-state index in [4.69, 9.17) is 16.3 Å². The Labute approximate surface area is 151 Å². The van der Waals surface area contributed by atoms with Crippen LogP contribution in [0.5, 0.6) is 0 Å². The summed E-state index contributed by atoms with van der Waals surface area (Å²) in [5.41, 5.74) is 3.52. The molecule has 1 N–H and O–H groups in total. The number of morpholine rings is 1. The third kappa shape index (κ3) is 3.33. The number of aromatic amines is 1. The van der Waals surface area contributed by atoms with Gasteiger partial charge in [-0.05, 0) is 23.8 Å². The zero-order valence-corrected chi connectivity index (χ0v) is 14.6. The molecule has 2 aromatic carbocycles. The molecule has 0 bridgehead atoms. The molecule has 1 aliphatic heterocycles. The maximum Gasteiger partial charge on any atom is 0.194 e. The molecular formula is C20H19ClN2O2.